The first-order chi connectivity index (χ1) is 18.8. The molecule has 190 valence electrons. The molecule has 3 aromatic carbocycles. The maximum atomic E-state index is 13.6. The minimum absolute atomic E-state index is 0.0885. The van der Waals surface area contributed by atoms with Crippen molar-refractivity contribution in [3.05, 3.63) is 119 Å². The van der Waals surface area contributed by atoms with Crippen LogP contribution in [-0.4, -0.2) is 20.9 Å². The maximum absolute atomic E-state index is 13.6. The Morgan fingerprint density at radius 2 is 1.64 bits per heavy atom. The van der Waals surface area contributed by atoms with Crippen LogP contribution >= 0.6 is 0 Å². The molecule has 2 aliphatic rings. The lowest BCUT2D eigenvalue weighted by Crippen LogP contribution is -2.15. The summed E-state index contributed by atoms with van der Waals surface area (Å²) in [5.41, 5.74) is 8.78. The fourth-order valence-electron chi connectivity index (χ4n) is 5.86. The van der Waals surface area contributed by atoms with Gasteiger partial charge >= 0.3 is 0 Å². The van der Waals surface area contributed by atoms with Crippen LogP contribution in [0.4, 0.5) is 17.1 Å². The predicted octanol–water partition coefficient (Wildman–Crippen LogP) is 7.69. The fraction of sp³-hybridized carbons (Fsp3) is 0.147. The molecule has 0 spiro atoms. The number of hydrogen-bond donors (Lipinski definition) is 1. The van der Waals surface area contributed by atoms with E-state index in [2.05, 4.69) is 53.8 Å². The number of aliphatic hydroxyl groups is 1. The van der Waals surface area contributed by atoms with E-state index in [1.54, 1.807) is 12.4 Å². The Balaban J connectivity index is 1.42. The third kappa shape index (κ3) is 3.54. The monoisotopic (exact) mass is 509 g/mol. The SMILES string of the molecule is CC(C)(C)c1ccc2c(c1)C(=O)/C(=C/c1ccc3c4c(cccc14)-c1cnccc1N3c1ccncc1)C2O. The van der Waals surface area contributed by atoms with E-state index in [-0.39, 0.29) is 11.2 Å². The van der Waals surface area contributed by atoms with Crippen molar-refractivity contribution in [1.29, 1.82) is 0 Å². The quantitative estimate of drug-likeness (QED) is 0.242. The second-order valence-electron chi connectivity index (χ2n) is 11.2. The van der Waals surface area contributed by atoms with Crippen molar-refractivity contribution in [2.45, 2.75) is 32.3 Å². The normalized spacial score (nSPS) is 17.0. The van der Waals surface area contributed by atoms with Gasteiger partial charge in [0.05, 0.1) is 11.4 Å². The van der Waals surface area contributed by atoms with Crippen molar-refractivity contribution in [2.75, 3.05) is 4.90 Å². The van der Waals surface area contributed by atoms with Crippen LogP contribution in [0.2, 0.25) is 0 Å². The summed E-state index contributed by atoms with van der Waals surface area (Å²) in [5.74, 6) is -0.114. The van der Waals surface area contributed by atoms with Gasteiger partial charge in [0.25, 0.3) is 0 Å². The van der Waals surface area contributed by atoms with E-state index < -0.39 is 6.10 Å². The molecule has 0 radical (unpaired) electrons. The van der Waals surface area contributed by atoms with Crippen LogP contribution in [0.25, 0.3) is 28.0 Å². The maximum Gasteiger partial charge on any atom is 0.192 e. The number of aromatic nitrogens is 2. The highest BCUT2D eigenvalue weighted by Crippen LogP contribution is 2.51. The predicted molar refractivity (Wildman–Crippen MR) is 156 cm³/mol. The molecule has 1 aliphatic carbocycles. The molecule has 2 aromatic heterocycles. The number of ketones is 1. The first-order valence-corrected chi connectivity index (χ1v) is 13.1. The molecule has 5 heteroatoms. The highest BCUT2D eigenvalue weighted by Gasteiger charge is 2.35. The first-order valence-electron chi connectivity index (χ1n) is 13.1. The number of hydrogen-bond acceptors (Lipinski definition) is 5. The summed E-state index contributed by atoms with van der Waals surface area (Å²) >= 11 is 0. The average molecular weight is 510 g/mol. The molecule has 1 aliphatic heterocycles. The van der Waals surface area contributed by atoms with Gasteiger partial charge in [-0.15, -0.1) is 0 Å². The Hall–Kier alpha value is -4.61. The van der Waals surface area contributed by atoms with Crippen LogP contribution in [-0.2, 0) is 5.41 Å². The van der Waals surface area contributed by atoms with E-state index in [0.717, 1.165) is 50.1 Å². The zero-order valence-electron chi connectivity index (χ0n) is 22.0. The Morgan fingerprint density at radius 3 is 2.44 bits per heavy atom. The second-order valence-corrected chi connectivity index (χ2v) is 11.2. The van der Waals surface area contributed by atoms with E-state index in [9.17, 15) is 9.90 Å². The van der Waals surface area contributed by atoms with Crippen molar-refractivity contribution in [3.8, 4) is 11.1 Å². The molecular weight excluding hydrogens is 482 g/mol. The lowest BCUT2D eigenvalue weighted by atomic mass is 9.85. The number of aliphatic hydroxyl groups excluding tert-OH is 1. The van der Waals surface area contributed by atoms with Crippen LogP contribution in [0.15, 0.2) is 97.1 Å². The van der Waals surface area contributed by atoms with Gasteiger partial charge in [0.15, 0.2) is 5.78 Å². The van der Waals surface area contributed by atoms with Gasteiger partial charge in [-0.25, -0.2) is 0 Å². The smallest absolute Gasteiger partial charge is 0.192 e. The number of anilines is 3. The summed E-state index contributed by atoms with van der Waals surface area (Å²) in [7, 11) is 0. The largest absolute Gasteiger partial charge is 0.383 e. The van der Waals surface area contributed by atoms with Gasteiger partial charge in [0.2, 0.25) is 0 Å². The number of benzene rings is 3. The number of nitrogens with zero attached hydrogens (tertiary/aromatic N) is 3. The molecule has 5 aromatic rings. The number of pyridine rings is 2. The van der Waals surface area contributed by atoms with Gasteiger partial charge in [-0.1, -0.05) is 57.2 Å². The summed E-state index contributed by atoms with van der Waals surface area (Å²) in [6, 6.07) is 22.3. The summed E-state index contributed by atoms with van der Waals surface area (Å²) < 4.78 is 0. The topological polar surface area (TPSA) is 66.3 Å². The van der Waals surface area contributed by atoms with E-state index in [0.29, 0.717) is 16.7 Å². The van der Waals surface area contributed by atoms with Crippen molar-refractivity contribution in [1.82, 2.24) is 9.97 Å². The van der Waals surface area contributed by atoms with E-state index >= 15 is 0 Å². The fourth-order valence-corrected chi connectivity index (χ4v) is 5.86. The number of rotatable bonds is 2. The van der Waals surface area contributed by atoms with Crippen LogP contribution in [0.5, 0.6) is 0 Å². The third-order valence-corrected chi connectivity index (χ3v) is 7.87. The standard InChI is InChI=1S/C34H27N3O2/c1-34(2,3)21-8-9-25-26(18-21)33(39)27(32(25)38)17-20-7-10-30-31-23(20)5-4-6-24(31)28-19-36-16-13-29(28)37(30)22-11-14-35-15-12-22/h4-19,32,38H,1-3H3/b27-17+. The van der Waals surface area contributed by atoms with Gasteiger partial charge in [-0.3, -0.25) is 14.8 Å². The third-order valence-electron chi connectivity index (χ3n) is 7.87. The van der Waals surface area contributed by atoms with Crippen molar-refractivity contribution >= 4 is 39.7 Å². The van der Waals surface area contributed by atoms with Crippen molar-refractivity contribution in [3.63, 3.8) is 0 Å². The molecular formula is C34H27N3O2. The number of fused-ring (bicyclic) bond motifs is 3. The highest BCUT2D eigenvalue weighted by molar-refractivity contribution is 6.19. The molecule has 0 saturated heterocycles. The van der Waals surface area contributed by atoms with Crippen LogP contribution in [0.3, 0.4) is 0 Å². The first kappa shape index (κ1) is 23.5. The summed E-state index contributed by atoms with van der Waals surface area (Å²) in [5, 5.41) is 13.3. The molecule has 3 heterocycles. The molecule has 1 unspecified atom stereocenters. The van der Waals surface area contributed by atoms with Gasteiger partial charge in [0, 0.05) is 52.6 Å². The highest BCUT2D eigenvalue weighted by atomic mass is 16.3. The Kier molecular flexibility index (Phi) is 5.09. The van der Waals surface area contributed by atoms with E-state index in [1.807, 2.05) is 67.0 Å². The molecule has 5 nitrogen and oxygen atoms in total. The number of carbonyl (C=O) groups is 1. The summed E-state index contributed by atoms with van der Waals surface area (Å²) in [4.78, 5) is 24.4. The minimum Gasteiger partial charge on any atom is -0.383 e. The van der Waals surface area contributed by atoms with Crippen LogP contribution < -0.4 is 4.90 Å². The number of Topliss-reactive ketones (excluding diaryl/α,β-unsaturated/α-hetero) is 1. The van der Waals surface area contributed by atoms with E-state index in [1.165, 1.54) is 0 Å². The van der Waals surface area contributed by atoms with Gasteiger partial charge < -0.3 is 10.0 Å². The minimum atomic E-state index is -0.953. The Bertz CT molecular complexity index is 1830. The van der Waals surface area contributed by atoms with Crippen LogP contribution in [0, 0.1) is 0 Å². The van der Waals surface area contributed by atoms with Gasteiger partial charge in [-0.2, -0.15) is 0 Å². The average Bonchev–Trinajstić information content (AvgIpc) is 3.18. The summed E-state index contributed by atoms with van der Waals surface area (Å²) in [6.45, 7) is 6.37. The van der Waals surface area contributed by atoms with Gasteiger partial charge in [0.1, 0.15) is 6.10 Å². The number of carbonyl (C=O) groups excluding carboxylic acids is 1. The molecule has 0 bridgehead atoms. The molecule has 0 saturated carbocycles. The van der Waals surface area contributed by atoms with E-state index in [4.69, 9.17) is 0 Å². The molecule has 1 atom stereocenters. The second kappa shape index (κ2) is 8.45. The molecule has 7 rings (SSSR count). The zero-order valence-corrected chi connectivity index (χ0v) is 22.0. The Labute approximate surface area is 227 Å². The molecule has 0 amide bonds. The van der Waals surface area contributed by atoms with Gasteiger partial charge in [-0.05, 0) is 69.5 Å². The lowest BCUT2D eigenvalue weighted by Gasteiger charge is -2.33. The molecule has 1 N–H and O–H groups in total. The Morgan fingerprint density at radius 1 is 0.846 bits per heavy atom. The van der Waals surface area contributed by atoms with Crippen molar-refractivity contribution in [2.24, 2.45) is 0 Å². The van der Waals surface area contributed by atoms with Crippen LogP contribution in [0.1, 0.15) is 53.9 Å². The zero-order chi connectivity index (χ0) is 26.9. The van der Waals surface area contributed by atoms with Crippen molar-refractivity contribution < 1.29 is 9.90 Å². The molecule has 39 heavy (non-hydrogen) atoms. The summed E-state index contributed by atoms with van der Waals surface area (Å²) in [6.07, 6.45) is 8.21. The molecule has 0 fully saturated rings. The lowest BCUT2D eigenvalue weighted by molar-refractivity contribution is 0.102.